The highest BCUT2D eigenvalue weighted by Crippen LogP contribution is 2.26. The number of carbonyl (C=O) groups excluding carboxylic acids is 1. The highest BCUT2D eigenvalue weighted by atomic mass is 35.5. The van der Waals surface area contributed by atoms with Crippen LogP contribution in [0.2, 0.25) is 0 Å². The first kappa shape index (κ1) is 29.9. The lowest BCUT2D eigenvalue weighted by atomic mass is 9.88. The molecule has 0 aliphatic rings. The van der Waals surface area contributed by atoms with Crippen molar-refractivity contribution in [2.24, 2.45) is 0 Å². The summed E-state index contributed by atoms with van der Waals surface area (Å²) in [6.07, 6.45) is 19.4. The molecule has 1 unspecified atom stereocenters. The van der Waals surface area contributed by atoms with E-state index in [9.17, 15) is 0 Å². The third kappa shape index (κ3) is 16.7. The van der Waals surface area contributed by atoms with Crippen LogP contribution in [0, 0.1) is 0 Å². The molecule has 0 rings (SSSR count). The van der Waals surface area contributed by atoms with E-state index in [2.05, 4.69) is 52.1 Å². The molecule has 1 radical (unpaired) electrons. The molecule has 155 valence electrons. The van der Waals surface area contributed by atoms with Crippen molar-refractivity contribution in [1.29, 1.82) is 0 Å². The van der Waals surface area contributed by atoms with E-state index < -0.39 is 5.97 Å². The van der Waals surface area contributed by atoms with Crippen molar-refractivity contribution in [1.82, 2.24) is 4.90 Å². The highest BCUT2D eigenvalue weighted by molar-refractivity contribution is 5.85. The smallest absolute Gasteiger partial charge is 0.300 e. The lowest BCUT2D eigenvalue weighted by Crippen LogP contribution is -2.41. The molecule has 1 atom stereocenters. The van der Waals surface area contributed by atoms with Crippen LogP contribution in [-0.4, -0.2) is 30.5 Å². The fourth-order valence-electron chi connectivity index (χ4n) is 3.06. The van der Waals surface area contributed by atoms with Gasteiger partial charge in [0.2, 0.25) is 0 Å². The number of rotatable bonds is 15. The van der Waals surface area contributed by atoms with E-state index in [-0.39, 0.29) is 17.9 Å². The van der Waals surface area contributed by atoms with Crippen LogP contribution < -0.4 is 0 Å². The monoisotopic (exact) mass is 388 g/mol. The average molecular weight is 389 g/mol. The Kier molecular flexibility index (Phi) is 23.6. The second-order valence-corrected chi connectivity index (χ2v) is 7.01. The standard InChI is InChI=1S/C19H39N.C3H3O2.ClH/c1-6-9-10-11-12-13-14-15-16-17-18-19(7-2,8-3)20(4)5;1-2-3(4)5;/h7H,2,6,8-18H2,1,3-5H3;2H,1H2;1H. The Morgan fingerprint density at radius 2 is 1.27 bits per heavy atom. The molecule has 0 bridgehead atoms. The first-order valence-electron chi connectivity index (χ1n) is 10.0. The Bertz CT molecular complexity index is 345. The van der Waals surface area contributed by atoms with Gasteiger partial charge in [0.15, 0.2) is 0 Å². The zero-order valence-electron chi connectivity index (χ0n) is 17.7. The van der Waals surface area contributed by atoms with Gasteiger partial charge in [0.1, 0.15) is 0 Å². The van der Waals surface area contributed by atoms with Gasteiger partial charge < -0.3 is 4.90 Å². The minimum absolute atomic E-state index is 0. The van der Waals surface area contributed by atoms with Gasteiger partial charge in [-0.15, -0.1) is 19.0 Å². The van der Waals surface area contributed by atoms with Crippen molar-refractivity contribution in [3.8, 4) is 0 Å². The molecule has 26 heavy (non-hydrogen) atoms. The van der Waals surface area contributed by atoms with E-state index >= 15 is 0 Å². The molecule has 0 heterocycles. The van der Waals surface area contributed by atoms with Crippen LogP contribution in [0.1, 0.15) is 90.9 Å². The molecule has 4 heteroatoms. The number of carbonyl (C=O) groups is 1. The van der Waals surface area contributed by atoms with Crippen LogP contribution in [0.25, 0.3) is 0 Å². The molecule has 0 saturated heterocycles. The van der Waals surface area contributed by atoms with E-state index in [1.165, 1.54) is 77.0 Å². The summed E-state index contributed by atoms with van der Waals surface area (Å²) in [5, 5.41) is 9.14. The zero-order valence-corrected chi connectivity index (χ0v) is 18.5. The van der Waals surface area contributed by atoms with E-state index in [0.29, 0.717) is 0 Å². The minimum Gasteiger partial charge on any atom is -0.300 e. The maximum atomic E-state index is 9.14. The zero-order chi connectivity index (χ0) is 19.6. The molecular formula is C22H43ClNO2. The topological polar surface area (TPSA) is 40.2 Å². The molecule has 0 fully saturated rings. The first-order chi connectivity index (χ1) is 11.9. The number of hydrogen-bond acceptors (Lipinski definition) is 2. The van der Waals surface area contributed by atoms with Crippen LogP contribution in [0.4, 0.5) is 0 Å². The Balaban J connectivity index is -0.000000772. The summed E-state index contributed by atoms with van der Waals surface area (Å²) in [7, 11) is 4.36. The van der Waals surface area contributed by atoms with Crippen molar-refractivity contribution in [2.45, 2.75) is 96.4 Å². The summed E-state index contributed by atoms with van der Waals surface area (Å²) in [4.78, 5) is 11.5. The quantitative estimate of drug-likeness (QED) is 0.177. The molecule has 0 aromatic carbocycles. The van der Waals surface area contributed by atoms with Crippen molar-refractivity contribution in [3.63, 3.8) is 0 Å². The van der Waals surface area contributed by atoms with Gasteiger partial charge in [0.25, 0.3) is 0 Å². The second kappa shape index (κ2) is 20.5. The molecule has 0 aliphatic heterocycles. The normalized spacial score (nSPS) is 12.3. The van der Waals surface area contributed by atoms with Crippen LogP contribution >= 0.6 is 12.4 Å². The Labute approximate surface area is 169 Å². The first-order valence-corrected chi connectivity index (χ1v) is 10.0. The molecule has 0 amide bonds. The van der Waals surface area contributed by atoms with Crippen LogP contribution in [-0.2, 0) is 9.90 Å². The molecule has 0 spiro atoms. The largest absolute Gasteiger partial charge is 0.378 e. The molecule has 3 nitrogen and oxygen atoms in total. The number of likely N-dealkylation sites (N-methyl/N-ethyl adjacent to an activating group) is 1. The Morgan fingerprint density at radius 1 is 0.885 bits per heavy atom. The summed E-state index contributed by atoms with van der Waals surface area (Å²) >= 11 is 0. The predicted molar refractivity (Wildman–Crippen MR) is 117 cm³/mol. The van der Waals surface area contributed by atoms with Crippen molar-refractivity contribution in [3.05, 3.63) is 25.3 Å². The molecule has 0 N–H and O–H groups in total. The maximum absolute atomic E-state index is 9.14. The SMILES string of the molecule is C=CC(CC)(CCCCCCCCCCCC)N(C)C.C=CC([O])=O.Cl. The van der Waals surface area contributed by atoms with E-state index in [4.69, 9.17) is 9.90 Å². The lowest BCUT2D eigenvalue weighted by molar-refractivity contribution is -0.137. The van der Waals surface area contributed by atoms with Gasteiger partial charge in [-0.25, -0.2) is 9.90 Å². The summed E-state index contributed by atoms with van der Waals surface area (Å²) in [6.45, 7) is 11.5. The fraction of sp³-hybridized carbons (Fsp3) is 0.773. The number of unbranched alkanes of at least 4 members (excludes halogenated alkanes) is 9. The Hall–Kier alpha value is -0.800. The summed E-state index contributed by atoms with van der Waals surface area (Å²) in [5.74, 6) is -1.23. The molecule has 0 saturated carbocycles. The summed E-state index contributed by atoms with van der Waals surface area (Å²) in [5.41, 5.74) is 0.222. The number of halogens is 1. The summed E-state index contributed by atoms with van der Waals surface area (Å²) in [6, 6.07) is 0. The highest BCUT2D eigenvalue weighted by Gasteiger charge is 2.25. The van der Waals surface area contributed by atoms with Crippen molar-refractivity contribution < 1.29 is 9.90 Å². The van der Waals surface area contributed by atoms with Gasteiger partial charge in [0.05, 0.1) is 0 Å². The van der Waals surface area contributed by atoms with Crippen LogP contribution in [0.15, 0.2) is 25.3 Å². The van der Waals surface area contributed by atoms with Gasteiger partial charge in [-0.2, -0.15) is 0 Å². The molecule has 0 aromatic rings. The van der Waals surface area contributed by atoms with E-state index in [1.54, 1.807) is 0 Å². The van der Waals surface area contributed by atoms with E-state index in [0.717, 1.165) is 6.08 Å². The summed E-state index contributed by atoms with van der Waals surface area (Å²) < 4.78 is 0. The third-order valence-corrected chi connectivity index (χ3v) is 5.01. The number of nitrogens with zero attached hydrogens (tertiary/aromatic N) is 1. The number of hydrogen-bond donors (Lipinski definition) is 0. The predicted octanol–water partition coefficient (Wildman–Crippen LogP) is 6.75. The van der Waals surface area contributed by atoms with Gasteiger partial charge in [-0.05, 0) is 26.9 Å². The maximum Gasteiger partial charge on any atom is 0.378 e. The lowest BCUT2D eigenvalue weighted by Gasteiger charge is -2.36. The fourth-order valence-corrected chi connectivity index (χ4v) is 3.06. The van der Waals surface area contributed by atoms with Gasteiger partial charge >= 0.3 is 5.97 Å². The van der Waals surface area contributed by atoms with Gasteiger partial charge in [0, 0.05) is 11.6 Å². The van der Waals surface area contributed by atoms with Crippen molar-refractivity contribution in [2.75, 3.05) is 14.1 Å². The van der Waals surface area contributed by atoms with E-state index in [1.807, 2.05) is 0 Å². The van der Waals surface area contributed by atoms with Crippen LogP contribution in [0.3, 0.4) is 0 Å². The minimum atomic E-state index is -1.23. The van der Waals surface area contributed by atoms with Crippen LogP contribution in [0.5, 0.6) is 0 Å². The molecule has 0 aliphatic carbocycles. The second-order valence-electron chi connectivity index (χ2n) is 7.01. The van der Waals surface area contributed by atoms with Gasteiger partial charge in [-0.1, -0.05) is 90.7 Å². The molecule has 0 aromatic heterocycles. The third-order valence-electron chi connectivity index (χ3n) is 5.01. The van der Waals surface area contributed by atoms with Gasteiger partial charge in [-0.3, -0.25) is 0 Å². The molecular weight excluding hydrogens is 346 g/mol. The average Bonchev–Trinajstić information content (AvgIpc) is 2.60. The Morgan fingerprint density at radius 3 is 1.54 bits per heavy atom. The van der Waals surface area contributed by atoms with Crippen molar-refractivity contribution >= 4 is 18.4 Å².